The van der Waals surface area contributed by atoms with E-state index in [4.69, 9.17) is 12.2 Å². The van der Waals surface area contributed by atoms with Gasteiger partial charge in [-0.15, -0.1) is 11.3 Å². The van der Waals surface area contributed by atoms with Crippen LogP contribution in [0.3, 0.4) is 0 Å². The Morgan fingerprint density at radius 2 is 2.00 bits per heavy atom. The van der Waals surface area contributed by atoms with Crippen LogP contribution in [0, 0.1) is 0 Å². The largest absolute Gasteiger partial charge is 0.362 e. The number of fused-ring (bicyclic) bond motifs is 1. The zero-order valence-electron chi connectivity index (χ0n) is 11.4. The Labute approximate surface area is 133 Å². The standard InChI is InChI=1S/C16H15N3S2/c20-15(19-16-18-9-10-21-16)17-8-7-12-5-6-13-3-1-2-4-14(13)11-12/h1-6,9-11H,7-8H2,(H2,17,18,19,20). The van der Waals surface area contributed by atoms with Crippen molar-refractivity contribution in [2.45, 2.75) is 6.42 Å². The van der Waals surface area contributed by atoms with Gasteiger partial charge in [0.1, 0.15) is 0 Å². The van der Waals surface area contributed by atoms with Crippen LogP contribution in [-0.4, -0.2) is 16.6 Å². The Morgan fingerprint density at radius 3 is 2.81 bits per heavy atom. The van der Waals surface area contributed by atoms with Gasteiger partial charge in [-0.25, -0.2) is 4.98 Å². The maximum Gasteiger partial charge on any atom is 0.188 e. The van der Waals surface area contributed by atoms with Crippen LogP contribution in [0.5, 0.6) is 0 Å². The van der Waals surface area contributed by atoms with Crippen LogP contribution in [0.1, 0.15) is 5.56 Å². The summed E-state index contributed by atoms with van der Waals surface area (Å²) in [6.45, 7) is 0.801. The average molecular weight is 313 g/mol. The molecule has 0 saturated carbocycles. The van der Waals surface area contributed by atoms with E-state index in [0.717, 1.165) is 18.1 Å². The van der Waals surface area contributed by atoms with Crippen molar-refractivity contribution in [1.82, 2.24) is 10.3 Å². The zero-order chi connectivity index (χ0) is 14.5. The van der Waals surface area contributed by atoms with Gasteiger partial charge < -0.3 is 10.6 Å². The fraction of sp³-hybridized carbons (Fsp3) is 0.125. The molecule has 0 aliphatic rings. The number of thiazole rings is 1. The molecule has 0 saturated heterocycles. The van der Waals surface area contributed by atoms with Crippen molar-refractivity contribution in [2.24, 2.45) is 0 Å². The number of anilines is 1. The molecule has 0 radical (unpaired) electrons. The maximum absolute atomic E-state index is 5.24. The van der Waals surface area contributed by atoms with Crippen molar-refractivity contribution in [1.29, 1.82) is 0 Å². The summed E-state index contributed by atoms with van der Waals surface area (Å²) in [5, 5.41) is 12.2. The summed E-state index contributed by atoms with van der Waals surface area (Å²) in [4.78, 5) is 4.14. The van der Waals surface area contributed by atoms with Crippen molar-refractivity contribution in [3.8, 4) is 0 Å². The topological polar surface area (TPSA) is 37.0 Å². The van der Waals surface area contributed by atoms with Crippen LogP contribution in [-0.2, 0) is 6.42 Å². The molecule has 3 rings (SSSR count). The lowest BCUT2D eigenvalue weighted by Gasteiger charge is -2.08. The highest BCUT2D eigenvalue weighted by Crippen LogP contribution is 2.15. The molecule has 2 aromatic carbocycles. The van der Waals surface area contributed by atoms with Gasteiger partial charge in [0.15, 0.2) is 10.2 Å². The van der Waals surface area contributed by atoms with Crippen LogP contribution in [0.25, 0.3) is 10.8 Å². The van der Waals surface area contributed by atoms with Gasteiger partial charge in [-0.1, -0.05) is 42.5 Å². The summed E-state index contributed by atoms with van der Waals surface area (Å²) >= 11 is 6.77. The number of rotatable bonds is 4. The normalized spacial score (nSPS) is 10.5. The molecule has 0 bridgehead atoms. The van der Waals surface area contributed by atoms with E-state index in [2.05, 4.69) is 58.1 Å². The molecule has 0 fully saturated rings. The van der Waals surface area contributed by atoms with E-state index in [1.165, 1.54) is 27.7 Å². The number of hydrogen-bond donors (Lipinski definition) is 2. The first kappa shape index (κ1) is 14.0. The van der Waals surface area contributed by atoms with Gasteiger partial charge in [0.25, 0.3) is 0 Å². The van der Waals surface area contributed by atoms with E-state index in [1.807, 2.05) is 5.38 Å². The van der Waals surface area contributed by atoms with E-state index in [1.54, 1.807) is 6.20 Å². The molecule has 0 amide bonds. The number of thiocarbonyl (C=S) groups is 1. The van der Waals surface area contributed by atoms with E-state index < -0.39 is 0 Å². The van der Waals surface area contributed by atoms with Crippen LogP contribution in [0.15, 0.2) is 54.0 Å². The Morgan fingerprint density at radius 1 is 1.14 bits per heavy atom. The van der Waals surface area contributed by atoms with Gasteiger partial charge in [0.05, 0.1) is 0 Å². The molecule has 1 heterocycles. The van der Waals surface area contributed by atoms with Crippen LogP contribution in [0.4, 0.5) is 5.13 Å². The summed E-state index contributed by atoms with van der Waals surface area (Å²) in [6, 6.07) is 15.0. The third kappa shape index (κ3) is 3.77. The number of benzene rings is 2. The molecule has 2 N–H and O–H groups in total. The number of nitrogens with one attached hydrogen (secondary N) is 2. The highest BCUT2D eigenvalue weighted by Gasteiger charge is 2.00. The number of hydrogen-bond acceptors (Lipinski definition) is 3. The first-order valence-electron chi connectivity index (χ1n) is 6.73. The molecule has 21 heavy (non-hydrogen) atoms. The summed E-state index contributed by atoms with van der Waals surface area (Å²) in [5.74, 6) is 0. The molecule has 3 nitrogen and oxygen atoms in total. The fourth-order valence-corrected chi connectivity index (χ4v) is 2.94. The van der Waals surface area contributed by atoms with Crippen molar-refractivity contribution < 1.29 is 0 Å². The summed E-state index contributed by atoms with van der Waals surface area (Å²) in [7, 11) is 0. The predicted molar refractivity (Wildman–Crippen MR) is 94.0 cm³/mol. The summed E-state index contributed by atoms with van der Waals surface area (Å²) in [5.41, 5.74) is 1.30. The summed E-state index contributed by atoms with van der Waals surface area (Å²) < 4.78 is 0. The van der Waals surface area contributed by atoms with E-state index >= 15 is 0 Å². The van der Waals surface area contributed by atoms with Crippen LogP contribution in [0.2, 0.25) is 0 Å². The summed E-state index contributed by atoms with van der Waals surface area (Å²) in [6.07, 6.45) is 2.69. The van der Waals surface area contributed by atoms with E-state index in [0.29, 0.717) is 5.11 Å². The zero-order valence-corrected chi connectivity index (χ0v) is 13.0. The number of nitrogens with zero attached hydrogens (tertiary/aromatic N) is 1. The van der Waals surface area contributed by atoms with E-state index in [-0.39, 0.29) is 0 Å². The molecule has 3 aromatic rings. The highest BCUT2D eigenvalue weighted by molar-refractivity contribution is 7.80. The molecule has 0 unspecified atom stereocenters. The first-order valence-corrected chi connectivity index (χ1v) is 8.02. The van der Waals surface area contributed by atoms with Crippen LogP contribution < -0.4 is 10.6 Å². The SMILES string of the molecule is S=C(NCCc1ccc2ccccc2c1)Nc1nccs1. The molecule has 1 aromatic heterocycles. The lowest BCUT2D eigenvalue weighted by molar-refractivity contribution is 0.874. The maximum atomic E-state index is 5.24. The molecule has 0 atom stereocenters. The predicted octanol–water partition coefficient (Wildman–Crippen LogP) is 3.83. The van der Waals surface area contributed by atoms with Crippen molar-refractivity contribution >= 4 is 44.6 Å². The fourth-order valence-electron chi connectivity index (χ4n) is 2.14. The Balaban J connectivity index is 1.53. The van der Waals surface area contributed by atoms with Gasteiger partial charge in [0.2, 0.25) is 0 Å². The van der Waals surface area contributed by atoms with Gasteiger partial charge in [0, 0.05) is 18.1 Å². The molecule has 0 spiro atoms. The van der Waals surface area contributed by atoms with Gasteiger partial charge >= 0.3 is 0 Å². The minimum Gasteiger partial charge on any atom is -0.362 e. The Bertz CT molecular complexity index is 738. The second-order valence-electron chi connectivity index (χ2n) is 4.65. The molecular weight excluding hydrogens is 298 g/mol. The Kier molecular flexibility index (Phi) is 4.43. The lowest BCUT2D eigenvalue weighted by atomic mass is 10.1. The third-order valence-corrected chi connectivity index (χ3v) is 4.10. The quantitative estimate of drug-likeness (QED) is 0.718. The molecule has 106 valence electrons. The van der Waals surface area contributed by atoms with Crippen molar-refractivity contribution in [3.05, 3.63) is 59.6 Å². The minimum absolute atomic E-state index is 0.616. The average Bonchev–Trinajstić information content (AvgIpc) is 3.00. The van der Waals surface area contributed by atoms with Gasteiger partial charge in [-0.05, 0) is 35.0 Å². The van der Waals surface area contributed by atoms with E-state index in [9.17, 15) is 0 Å². The van der Waals surface area contributed by atoms with Crippen molar-refractivity contribution in [3.63, 3.8) is 0 Å². The second kappa shape index (κ2) is 6.65. The molecule has 0 aliphatic heterocycles. The second-order valence-corrected chi connectivity index (χ2v) is 5.95. The molecule has 5 heteroatoms. The molecular formula is C16H15N3S2. The third-order valence-electron chi connectivity index (χ3n) is 3.17. The smallest absolute Gasteiger partial charge is 0.188 e. The first-order chi connectivity index (χ1) is 10.3. The minimum atomic E-state index is 0.616. The van der Waals surface area contributed by atoms with Crippen molar-refractivity contribution in [2.75, 3.05) is 11.9 Å². The molecule has 0 aliphatic carbocycles. The lowest BCUT2D eigenvalue weighted by Crippen LogP contribution is -2.30. The van der Waals surface area contributed by atoms with Gasteiger partial charge in [-0.2, -0.15) is 0 Å². The van der Waals surface area contributed by atoms with Crippen LogP contribution >= 0.6 is 23.6 Å². The Hall–Kier alpha value is -1.98. The monoisotopic (exact) mass is 313 g/mol. The highest BCUT2D eigenvalue weighted by atomic mass is 32.1. The van der Waals surface area contributed by atoms with Gasteiger partial charge in [-0.3, -0.25) is 0 Å². The number of aromatic nitrogens is 1.